The lowest BCUT2D eigenvalue weighted by atomic mass is 9.95. The van der Waals surface area contributed by atoms with Gasteiger partial charge in [0.2, 0.25) is 0 Å². The second kappa shape index (κ2) is 8.30. The summed E-state index contributed by atoms with van der Waals surface area (Å²) in [5.74, 6) is 0.851. The Morgan fingerprint density at radius 3 is 2.68 bits per heavy atom. The Balaban J connectivity index is 0.00000176. The van der Waals surface area contributed by atoms with Crippen molar-refractivity contribution in [3.05, 3.63) is 35.4 Å². The lowest BCUT2D eigenvalue weighted by Gasteiger charge is -2.41. The zero-order chi connectivity index (χ0) is 14.7. The van der Waals surface area contributed by atoms with Gasteiger partial charge in [0.1, 0.15) is 0 Å². The molecule has 1 aromatic rings. The highest BCUT2D eigenvalue weighted by Crippen LogP contribution is 2.28. The molecule has 0 bridgehead atoms. The highest BCUT2D eigenvalue weighted by atomic mass is 35.5. The van der Waals surface area contributed by atoms with Crippen LogP contribution in [0.4, 0.5) is 0 Å². The Kier molecular flexibility index (Phi) is 6.69. The molecule has 3 rings (SSSR count). The van der Waals surface area contributed by atoms with Crippen LogP contribution in [0.25, 0.3) is 0 Å². The van der Waals surface area contributed by atoms with E-state index in [2.05, 4.69) is 48.3 Å². The Labute approximate surface area is 140 Å². The van der Waals surface area contributed by atoms with Crippen LogP contribution in [0, 0.1) is 12.8 Å². The molecule has 2 heterocycles. The zero-order valence-corrected chi connectivity index (χ0v) is 14.6. The number of nitrogens with zero attached hydrogens (tertiary/aromatic N) is 1. The molecule has 2 atom stereocenters. The molecule has 2 aliphatic heterocycles. The Morgan fingerprint density at radius 2 is 1.95 bits per heavy atom. The van der Waals surface area contributed by atoms with E-state index in [9.17, 15) is 0 Å². The number of hydrogen-bond donors (Lipinski definition) is 1. The lowest BCUT2D eigenvalue weighted by Crippen LogP contribution is -2.48. The smallest absolute Gasteiger partial charge is 0.0955 e. The van der Waals surface area contributed by atoms with Crippen LogP contribution in [0.1, 0.15) is 37.0 Å². The lowest BCUT2D eigenvalue weighted by molar-refractivity contribution is -0.0659. The standard InChI is InChI=1S/C18H28N2O.ClH/c1-14-5-3-4-6-17(14)18-12-20(15(2)13-21-18)11-16-7-9-19-10-8-16;/h3-6,15-16,18-19H,7-13H2,1-2H3;1H. The van der Waals surface area contributed by atoms with Crippen LogP contribution in [0.15, 0.2) is 24.3 Å². The maximum absolute atomic E-state index is 6.12. The van der Waals surface area contributed by atoms with Gasteiger partial charge >= 0.3 is 0 Å². The molecule has 3 nitrogen and oxygen atoms in total. The summed E-state index contributed by atoms with van der Waals surface area (Å²) in [4.78, 5) is 2.65. The van der Waals surface area contributed by atoms with Gasteiger partial charge in [-0.3, -0.25) is 4.90 Å². The molecule has 0 amide bonds. The topological polar surface area (TPSA) is 24.5 Å². The van der Waals surface area contributed by atoms with Gasteiger partial charge < -0.3 is 10.1 Å². The van der Waals surface area contributed by atoms with Crippen LogP contribution >= 0.6 is 12.4 Å². The molecule has 0 spiro atoms. The first-order valence-corrected chi connectivity index (χ1v) is 8.36. The first kappa shape index (κ1) is 17.7. The summed E-state index contributed by atoms with van der Waals surface area (Å²) in [7, 11) is 0. The SMILES string of the molecule is Cc1ccccc1C1CN(CC2CCNCC2)C(C)CO1.Cl. The first-order chi connectivity index (χ1) is 10.2. The maximum Gasteiger partial charge on any atom is 0.0955 e. The molecule has 22 heavy (non-hydrogen) atoms. The third-order valence-electron chi connectivity index (χ3n) is 5.05. The van der Waals surface area contributed by atoms with Crippen molar-refractivity contribution in [2.45, 2.75) is 38.8 Å². The molecule has 2 saturated heterocycles. The number of hydrogen-bond acceptors (Lipinski definition) is 3. The first-order valence-electron chi connectivity index (χ1n) is 8.36. The molecule has 2 unspecified atom stereocenters. The number of ether oxygens (including phenoxy) is 1. The summed E-state index contributed by atoms with van der Waals surface area (Å²) in [6.07, 6.45) is 2.88. The Hall–Kier alpha value is -0.610. The molecular weight excluding hydrogens is 296 g/mol. The predicted octanol–water partition coefficient (Wildman–Crippen LogP) is 3.18. The minimum Gasteiger partial charge on any atom is -0.371 e. The van der Waals surface area contributed by atoms with Crippen LogP contribution in [0.5, 0.6) is 0 Å². The average molecular weight is 325 g/mol. The largest absolute Gasteiger partial charge is 0.371 e. The van der Waals surface area contributed by atoms with E-state index in [1.807, 2.05) is 0 Å². The van der Waals surface area contributed by atoms with Crippen LogP contribution < -0.4 is 5.32 Å². The van der Waals surface area contributed by atoms with Gasteiger partial charge in [0.25, 0.3) is 0 Å². The van der Waals surface area contributed by atoms with Crippen LogP contribution in [-0.4, -0.2) is 43.7 Å². The molecule has 0 saturated carbocycles. The third kappa shape index (κ3) is 4.23. The maximum atomic E-state index is 6.12. The van der Waals surface area contributed by atoms with E-state index < -0.39 is 0 Å². The van der Waals surface area contributed by atoms with E-state index in [1.165, 1.54) is 43.6 Å². The van der Waals surface area contributed by atoms with Crippen LogP contribution in [0.2, 0.25) is 0 Å². The summed E-state index contributed by atoms with van der Waals surface area (Å²) in [6, 6.07) is 9.19. The number of morpholine rings is 1. The Bertz CT molecular complexity index is 462. The van der Waals surface area contributed by atoms with Crippen LogP contribution in [-0.2, 0) is 4.74 Å². The molecule has 1 N–H and O–H groups in total. The molecule has 4 heteroatoms. The average Bonchev–Trinajstić information content (AvgIpc) is 2.51. The fraction of sp³-hybridized carbons (Fsp3) is 0.667. The number of nitrogens with one attached hydrogen (secondary N) is 1. The van der Waals surface area contributed by atoms with E-state index in [1.54, 1.807) is 0 Å². The van der Waals surface area contributed by atoms with Gasteiger partial charge in [0.15, 0.2) is 0 Å². The van der Waals surface area contributed by atoms with E-state index >= 15 is 0 Å². The van der Waals surface area contributed by atoms with Gasteiger partial charge in [-0.1, -0.05) is 24.3 Å². The third-order valence-corrected chi connectivity index (χ3v) is 5.05. The van der Waals surface area contributed by atoms with Crippen LogP contribution in [0.3, 0.4) is 0 Å². The van der Waals surface area contributed by atoms with Crippen molar-refractivity contribution in [2.24, 2.45) is 5.92 Å². The van der Waals surface area contributed by atoms with Crippen molar-refractivity contribution in [1.29, 1.82) is 0 Å². The summed E-state index contributed by atoms with van der Waals surface area (Å²) in [6.45, 7) is 9.98. The highest BCUT2D eigenvalue weighted by Gasteiger charge is 2.29. The second-order valence-corrected chi connectivity index (χ2v) is 6.67. The van der Waals surface area contributed by atoms with Crippen molar-refractivity contribution in [2.75, 3.05) is 32.8 Å². The molecule has 124 valence electrons. The molecular formula is C18H29ClN2O. The monoisotopic (exact) mass is 324 g/mol. The van der Waals surface area contributed by atoms with Gasteiger partial charge in [-0.05, 0) is 56.8 Å². The van der Waals surface area contributed by atoms with Gasteiger partial charge in [-0.15, -0.1) is 12.4 Å². The number of rotatable bonds is 3. The van der Waals surface area contributed by atoms with Gasteiger partial charge in [0.05, 0.1) is 12.7 Å². The predicted molar refractivity (Wildman–Crippen MR) is 93.7 cm³/mol. The quantitative estimate of drug-likeness (QED) is 0.924. The molecule has 1 aromatic carbocycles. The van der Waals surface area contributed by atoms with E-state index in [-0.39, 0.29) is 18.5 Å². The van der Waals surface area contributed by atoms with E-state index in [0.29, 0.717) is 6.04 Å². The summed E-state index contributed by atoms with van der Waals surface area (Å²) >= 11 is 0. The summed E-state index contributed by atoms with van der Waals surface area (Å²) in [5, 5.41) is 3.46. The molecule has 0 radical (unpaired) electrons. The Morgan fingerprint density at radius 1 is 1.23 bits per heavy atom. The van der Waals surface area contributed by atoms with Crippen molar-refractivity contribution in [1.82, 2.24) is 10.2 Å². The molecule has 0 aliphatic carbocycles. The zero-order valence-electron chi connectivity index (χ0n) is 13.8. The number of aryl methyl sites for hydroxylation is 1. The molecule has 2 aliphatic rings. The van der Waals surface area contributed by atoms with Crippen molar-refractivity contribution >= 4 is 12.4 Å². The van der Waals surface area contributed by atoms with E-state index in [4.69, 9.17) is 4.74 Å². The number of piperidine rings is 1. The second-order valence-electron chi connectivity index (χ2n) is 6.67. The van der Waals surface area contributed by atoms with Crippen molar-refractivity contribution in [3.8, 4) is 0 Å². The van der Waals surface area contributed by atoms with Gasteiger partial charge in [-0.2, -0.15) is 0 Å². The van der Waals surface area contributed by atoms with Crippen molar-refractivity contribution in [3.63, 3.8) is 0 Å². The van der Waals surface area contributed by atoms with Crippen molar-refractivity contribution < 1.29 is 4.74 Å². The summed E-state index contributed by atoms with van der Waals surface area (Å²) < 4.78 is 6.12. The van der Waals surface area contributed by atoms with Gasteiger partial charge in [-0.25, -0.2) is 0 Å². The number of halogens is 1. The van der Waals surface area contributed by atoms with E-state index in [0.717, 1.165) is 19.1 Å². The minimum absolute atomic E-state index is 0. The number of benzene rings is 1. The molecule has 0 aromatic heterocycles. The normalized spacial score (nSPS) is 27.4. The fourth-order valence-electron chi connectivity index (χ4n) is 3.59. The minimum atomic E-state index is 0. The van der Waals surface area contributed by atoms with Gasteiger partial charge in [0, 0.05) is 19.1 Å². The fourth-order valence-corrected chi connectivity index (χ4v) is 3.59. The highest BCUT2D eigenvalue weighted by molar-refractivity contribution is 5.85. The summed E-state index contributed by atoms with van der Waals surface area (Å²) in [5.41, 5.74) is 2.71. The molecule has 2 fully saturated rings.